The van der Waals surface area contributed by atoms with Crippen LogP contribution < -0.4 is 0 Å². The number of hydrogen-bond donors (Lipinski definition) is 3. The van der Waals surface area contributed by atoms with Crippen LogP contribution in [0.15, 0.2) is 18.7 Å². The van der Waals surface area contributed by atoms with Crippen molar-refractivity contribution in [3.05, 3.63) is 29.8 Å². The van der Waals surface area contributed by atoms with Gasteiger partial charge in [-0.25, -0.2) is 0 Å². The minimum Gasteiger partial charge on any atom is -0.507 e. The Morgan fingerprint density at radius 1 is 1.26 bits per heavy atom. The van der Waals surface area contributed by atoms with Gasteiger partial charge in [0, 0.05) is 18.1 Å². The molecular formula is C15H20O4. The number of phenols is 3. The van der Waals surface area contributed by atoms with E-state index in [1.807, 2.05) is 6.92 Å². The van der Waals surface area contributed by atoms with Crippen molar-refractivity contribution in [2.75, 3.05) is 0 Å². The lowest BCUT2D eigenvalue weighted by Crippen LogP contribution is -2.02. The number of carbonyl (C=O) groups excluding carboxylic acids is 1. The second kappa shape index (κ2) is 6.83. The van der Waals surface area contributed by atoms with Crippen LogP contribution in [0, 0.1) is 0 Å². The van der Waals surface area contributed by atoms with Gasteiger partial charge < -0.3 is 15.3 Å². The Hall–Kier alpha value is -1.97. The zero-order valence-electron chi connectivity index (χ0n) is 11.1. The fourth-order valence-electron chi connectivity index (χ4n) is 1.96. The minimum absolute atomic E-state index is 0.106. The van der Waals surface area contributed by atoms with Gasteiger partial charge in [0.25, 0.3) is 0 Å². The molecule has 0 atom stereocenters. The topological polar surface area (TPSA) is 77.8 Å². The van der Waals surface area contributed by atoms with Crippen LogP contribution in [0.1, 0.15) is 48.5 Å². The Balaban J connectivity index is 3.09. The summed E-state index contributed by atoms with van der Waals surface area (Å²) >= 11 is 0. The lowest BCUT2D eigenvalue weighted by molar-refractivity contribution is 0.0973. The van der Waals surface area contributed by atoms with Crippen LogP contribution >= 0.6 is 0 Å². The highest BCUT2D eigenvalue weighted by Gasteiger charge is 2.21. The van der Waals surface area contributed by atoms with E-state index < -0.39 is 0 Å². The summed E-state index contributed by atoms with van der Waals surface area (Å²) in [4.78, 5) is 12.0. The molecule has 0 heterocycles. The van der Waals surface area contributed by atoms with Crippen LogP contribution in [0.4, 0.5) is 0 Å². The van der Waals surface area contributed by atoms with Crippen molar-refractivity contribution in [1.29, 1.82) is 0 Å². The predicted octanol–water partition coefficient (Wildman–Crippen LogP) is 3.29. The highest BCUT2D eigenvalue weighted by atomic mass is 16.3. The zero-order valence-corrected chi connectivity index (χ0v) is 11.1. The smallest absolute Gasteiger partial charge is 0.170 e. The second-order valence-corrected chi connectivity index (χ2v) is 4.49. The normalized spacial score (nSPS) is 10.4. The molecule has 0 fully saturated rings. The van der Waals surface area contributed by atoms with Crippen molar-refractivity contribution in [1.82, 2.24) is 0 Å². The molecule has 0 spiro atoms. The van der Waals surface area contributed by atoms with Gasteiger partial charge >= 0.3 is 0 Å². The summed E-state index contributed by atoms with van der Waals surface area (Å²) in [6, 6.07) is 1.09. The zero-order chi connectivity index (χ0) is 14.4. The average molecular weight is 264 g/mol. The van der Waals surface area contributed by atoms with Crippen LogP contribution in [0.5, 0.6) is 17.2 Å². The summed E-state index contributed by atoms with van der Waals surface area (Å²) in [5.41, 5.74) is 0.109. The van der Waals surface area contributed by atoms with Crippen molar-refractivity contribution in [2.45, 2.75) is 39.0 Å². The van der Waals surface area contributed by atoms with Crippen molar-refractivity contribution >= 4 is 5.78 Å². The van der Waals surface area contributed by atoms with E-state index in [9.17, 15) is 20.1 Å². The van der Waals surface area contributed by atoms with Gasteiger partial charge in [-0.3, -0.25) is 4.79 Å². The Morgan fingerprint density at radius 2 is 1.95 bits per heavy atom. The molecule has 0 saturated heterocycles. The van der Waals surface area contributed by atoms with Gasteiger partial charge in [0.05, 0.1) is 0 Å². The van der Waals surface area contributed by atoms with Gasteiger partial charge in [-0.05, 0) is 12.8 Å². The van der Waals surface area contributed by atoms with E-state index in [1.54, 1.807) is 0 Å². The molecule has 0 bridgehead atoms. The summed E-state index contributed by atoms with van der Waals surface area (Å²) in [6.45, 7) is 5.56. The SMILES string of the molecule is C=CCc1c(O)cc(O)c(C(=O)CCCCC)c1O. The van der Waals surface area contributed by atoms with E-state index in [1.165, 1.54) is 6.08 Å². The molecule has 1 aromatic rings. The Bertz CT molecular complexity index is 478. The Kier molecular flexibility index (Phi) is 5.42. The molecule has 1 rings (SSSR count). The van der Waals surface area contributed by atoms with Crippen molar-refractivity contribution < 1.29 is 20.1 Å². The van der Waals surface area contributed by atoms with Crippen molar-refractivity contribution in [3.8, 4) is 17.2 Å². The van der Waals surface area contributed by atoms with E-state index in [0.717, 1.165) is 18.9 Å². The number of allylic oxidation sites excluding steroid dienone is 1. The minimum atomic E-state index is -0.385. The van der Waals surface area contributed by atoms with E-state index in [-0.39, 0.29) is 47.0 Å². The summed E-state index contributed by atoms with van der Waals surface area (Å²) in [5.74, 6) is -1.28. The first-order valence-electron chi connectivity index (χ1n) is 6.43. The van der Waals surface area contributed by atoms with E-state index >= 15 is 0 Å². The maximum Gasteiger partial charge on any atom is 0.170 e. The molecule has 0 radical (unpaired) electrons. The highest BCUT2D eigenvalue weighted by Crippen LogP contribution is 2.38. The number of Topliss-reactive ketones (excluding diaryl/α,β-unsaturated/α-hetero) is 1. The Morgan fingerprint density at radius 3 is 2.53 bits per heavy atom. The molecule has 0 unspecified atom stereocenters. The van der Waals surface area contributed by atoms with Crippen LogP contribution in [0.25, 0.3) is 0 Å². The molecule has 0 aliphatic rings. The maximum atomic E-state index is 12.0. The third kappa shape index (κ3) is 3.50. The molecule has 0 saturated carbocycles. The van der Waals surface area contributed by atoms with Gasteiger partial charge in [-0.15, -0.1) is 6.58 Å². The highest BCUT2D eigenvalue weighted by molar-refractivity contribution is 6.01. The second-order valence-electron chi connectivity index (χ2n) is 4.49. The standard InChI is InChI=1S/C15H20O4/c1-3-5-6-8-11(16)14-13(18)9-12(17)10(7-4-2)15(14)19/h4,9,17-19H,2-3,5-8H2,1H3. The molecule has 0 aliphatic carbocycles. The molecule has 104 valence electrons. The van der Waals surface area contributed by atoms with Crippen molar-refractivity contribution in [3.63, 3.8) is 0 Å². The third-order valence-electron chi connectivity index (χ3n) is 3.00. The van der Waals surface area contributed by atoms with Crippen LogP contribution in [0.3, 0.4) is 0 Å². The molecule has 0 aromatic heterocycles. The summed E-state index contributed by atoms with van der Waals surface area (Å²) in [7, 11) is 0. The first-order valence-corrected chi connectivity index (χ1v) is 6.43. The van der Waals surface area contributed by atoms with E-state index in [4.69, 9.17) is 0 Å². The fourth-order valence-corrected chi connectivity index (χ4v) is 1.96. The monoisotopic (exact) mass is 264 g/mol. The number of aromatic hydroxyl groups is 3. The van der Waals surface area contributed by atoms with Crippen LogP contribution in [-0.4, -0.2) is 21.1 Å². The van der Waals surface area contributed by atoms with Crippen LogP contribution in [0.2, 0.25) is 0 Å². The van der Waals surface area contributed by atoms with E-state index in [2.05, 4.69) is 6.58 Å². The molecule has 3 N–H and O–H groups in total. The lowest BCUT2D eigenvalue weighted by Gasteiger charge is -2.12. The average Bonchev–Trinajstić information content (AvgIpc) is 2.34. The number of rotatable bonds is 7. The number of unbranched alkanes of at least 4 members (excludes halogenated alkanes) is 2. The van der Waals surface area contributed by atoms with Gasteiger partial charge in [-0.2, -0.15) is 0 Å². The fraction of sp³-hybridized carbons (Fsp3) is 0.400. The lowest BCUT2D eigenvalue weighted by atomic mass is 9.98. The number of hydrogen-bond acceptors (Lipinski definition) is 4. The van der Waals surface area contributed by atoms with Gasteiger partial charge in [0.15, 0.2) is 5.78 Å². The number of carbonyl (C=O) groups is 1. The largest absolute Gasteiger partial charge is 0.507 e. The van der Waals surface area contributed by atoms with E-state index in [0.29, 0.717) is 6.42 Å². The molecule has 1 aromatic carbocycles. The number of phenolic OH excluding ortho intramolecular Hbond substituents is 3. The molecule has 4 heteroatoms. The quantitative estimate of drug-likeness (QED) is 0.401. The van der Waals surface area contributed by atoms with Gasteiger partial charge in [-0.1, -0.05) is 25.8 Å². The summed E-state index contributed by atoms with van der Waals surface area (Å²) in [6.07, 6.45) is 4.64. The molecular weight excluding hydrogens is 244 g/mol. The molecule has 4 nitrogen and oxygen atoms in total. The molecule has 0 amide bonds. The van der Waals surface area contributed by atoms with Gasteiger partial charge in [0.2, 0.25) is 0 Å². The predicted molar refractivity (Wildman–Crippen MR) is 73.8 cm³/mol. The number of benzene rings is 1. The third-order valence-corrected chi connectivity index (χ3v) is 3.00. The molecule has 0 aliphatic heterocycles. The number of ketones is 1. The molecule has 19 heavy (non-hydrogen) atoms. The van der Waals surface area contributed by atoms with Crippen molar-refractivity contribution in [2.24, 2.45) is 0 Å². The van der Waals surface area contributed by atoms with Gasteiger partial charge in [0.1, 0.15) is 22.8 Å². The van der Waals surface area contributed by atoms with Crippen LogP contribution in [-0.2, 0) is 6.42 Å². The Labute approximate surface area is 113 Å². The maximum absolute atomic E-state index is 12.0. The first-order chi connectivity index (χ1) is 9.02. The first kappa shape index (κ1) is 15.1. The summed E-state index contributed by atoms with van der Waals surface area (Å²) < 4.78 is 0. The summed E-state index contributed by atoms with van der Waals surface area (Å²) in [5, 5.41) is 29.4.